The maximum atomic E-state index is 6.61. The summed E-state index contributed by atoms with van der Waals surface area (Å²) in [5.74, 6) is 0. The smallest absolute Gasteiger partial charge is 0.373 e. The molecule has 0 heterocycles. The molecule has 1 unspecified atom stereocenters. The number of unbranched alkanes of at least 4 members (excludes halogenated alkanes) is 7. The molecule has 0 fully saturated rings. The highest BCUT2D eigenvalue weighted by Crippen LogP contribution is 2.25. The normalized spacial score (nSPS) is 13.5. The van der Waals surface area contributed by atoms with Gasteiger partial charge in [-0.2, -0.15) is 0 Å². The molecule has 1 atom stereocenters. The van der Waals surface area contributed by atoms with Gasteiger partial charge in [-0.05, 0) is 27.2 Å². The molecule has 0 amide bonds. The fourth-order valence-corrected chi connectivity index (χ4v) is 5.91. The van der Waals surface area contributed by atoms with Gasteiger partial charge in [-0.1, -0.05) is 58.3 Å². The van der Waals surface area contributed by atoms with Crippen LogP contribution in [-0.4, -0.2) is 33.6 Å². The summed E-state index contributed by atoms with van der Waals surface area (Å²) in [6.45, 7) is 9.94. The van der Waals surface area contributed by atoms with Crippen LogP contribution in [0.25, 0.3) is 0 Å². The van der Waals surface area contributed by atoms with Crippen molar-refractivity contribution in [1.82, 2.24) is 0 Å². The first-order valence-corrected chi connectivity index (χ1v) is 11.5. The Kier molecular flexibility index (Phi) is 15.2. The highest BCUT2D eigenvalue weighted by atomic mass is 35.5. The molecule has 5 heteroatoms. The molecule has 0 spiro atoms. The molecule has 0 aliphatic rings. The van der Waals surface area contributed by atoms with Gasteiger partial charge in [0.25, 0.3) is 0 Å². The van der Waals surface area contributed by atoms with Gasteiger partial charge in [-0.25, -0.2) is 0 Å². The lowest BCUT2D eigenvalue weighted by Gasteiger charge is -2.32. The minimum absolute atomic E-state index is 0.132. The van der Waals surface area contributed by atoms with Gasteiger partial charge < -0.3 is 13.3 Å². The van der Waals surface area contributed by atoms with E-state index >= 15 is 0 Å². The van der Waals surface area contributed by atoms with Crippen LogP contribution in [0.15, 0.2) is 0 Å². The predicted molar refractivity (Wildman–Crippen MR) is 97.5 cm³/mol. The first-order chi connectivity index (χ1) is 10.7. The molecule has 0 aromatic rings. The Morgan fingerprint density at radius 2 is 1.09 bits per heavy atom. The van der Waals surface area contributed by atoms with E-state index < -0.39 is 8.80 Å². The number of halogens is 1. The molecule has 22 heavy (non-hydrogen) atoms. The van der Waals surface area contributed by atoms with Crippen molar-refractivity contribution in [2.24, 2.45) is 0 Å². The summed E-state index contributed by atoms with van der Waals surface area (Å²) < 4.78 is 17.6. The molecular weight excluding hydrogens is 316 g/mol. The van der Waals surface area contributed by atoms with E-state index in [2.05, 4.69) is 6.92 Å². The zero-order valence-electron chi connectivity index (χ0n) is 15.2. The summed E-state index contributed by atoms with van der Waals surface area (Å²) in [7, 11) is -2.72. The van der Waals surface area contributed by atoms with Gasteiger partial charge in [0.05, 0.1) is 0 Å². The summed E-state index contributed by atoms with van der Waals surface area (Å²) in [4.78, 5) is 0. The average Bonchev–Trinajstić information content (AvgIpc) is 2.50. The Bertz CT molecular complexity index is 225. The van der Waals surface area contributed by atoms with Crippen LogP contribution >= 0.6 is 11.6 Å². The summed E-state index contributed by atoms with van der Waals surface area (Å²) in [5.41, 5.74) is 0. The van der Waals surface area contributed by atoms with Gasteiger partial charge >= 0.3 is 8.80 Å². The fraction of sp³-hybridized carbons (Fsp3) is 1.00. The Morgan fingerprint density at radius 1 is 0.682 bits per heavy atom. The van der Waals surface area contributed by atoms with Crippen LogP contribution in [0.1, 0.15) is 85.5 Å². The number of alkyl halides is 1. The lowest BCUT2D eigenvalue weighted by Crippen LogP contribution is -2.54. The van der Waals surface area contributed by atoms with Gasteiger partial charge in [0, 0.05) is 19.8 Å². The third kappa shape index (κ3) is 9.51. The maximum absolute atomic E-state index is 6.61. The molecular formula is C17H37ClO3Si. The molecule has 0 aromatic heterocycles. The van der Waals surface area contributed by atoms with Gasteiger partial charge in [0.1, 0.15) is 5.00 Å². The number of rotatable bonds is 16. The minimum Gasteiger partial charge on any atom is -0.373 e. The first-order valence-electron chi connectivity index (χ1n) is 9.22. The lowest BCUT2D eigenvalue weighted by molar-refractivity contribution is 0.0680. The molecule has 0 aliphatic heterocycles. The second kappa shape index (κ2) is 14.9. The molecule has 3 nitrogen and oxygen atoms in total. The molecule has 0 aromatic carbocycles. The number of hydrogen-bond acceptors (Lipinski definition) is 3. The van der Waals surface area contributed by atoms with Crippen LogP contribution < -0.4 is 0 Å². The summed E-state index contributed by atoms with van der Waals surface area (Å²) >= 11 is 6.61. The SMILES string of the molecule is CCCCCCCCCCC(Cl)[Si](OCC)(OCC)OCC. The van der Waals surface area contributed by atoms with Gasteiger partial charge in [0.15, 0.2) is 0 Å². The molecule has 0 saturated carbocycles. The van der Waals surface area contributed by atoms with E-state index in [4.69, 9.17) is 24.9 Å². The minimum atomic E-state index is -2.72. The van der Waals surface area contributed by atoms with Gasteiger partial charge in [-0.3, -0.25) is 0 Å². The largest absolute Gasteiger partial charge is 0.519 e. The van der Waals surface area contributed by atoms with Gasteiger partial charge in [0.2, 0.25) is 0 Å². The van der Waals surface area contributed by atoms with Crippen molar-refractivity contribution in [3.05, 3.63) is 0 Å². The quantitative estimate of drug-likeness (QED) is 0.202. The van der Waals surface area contributed by atoms with E-state index in [1.165, 1.54) is 44.9 Å². The molecule has 0 bridgehead atoms. The van der Waals surface area contributed by atoms with Crippen molar-refractivity contribution in [1.29, 1.82) is 0 Å². The monoisotopic (exact) mass is 352 g/mol. The first kappa shape index (κ1) is 22.4. The van der Waals surface area contributed by atoms with E-state index in [1.807, 2.05) is 20.8 Å². The highest BCUT2D eigenvalue weighted by Gasteiger charge is 2.48. The Hall–Kier alpha value is 0.387. The second-order valence-electron chi connectivity index (χ2n) is 5.63. The van der Waals surface area contributed by atoms with Crippen molar-refractivity contribution in [2.75, 3.05) is 19.8 Å². The van der Waals surface area contributed by atoms with E-state index in [0.717, 1.165) is 12.8 Å². The van der Waals surface area contributed by atoms with Crippen LogP contribution in [0, 0.1) is 0 Å². The zero-order valence-corrected chi connectivity index (χ0v) is 16.9. The molecule has 0 saturated heterocycles. The van der Waals surface area contributed by atoms with Crippen molar-refractivity contribution in [3.63, 3.8) is 0 Å². The lowest BCUT2D eigenvalue weighted by atomic mass is 10.1. The Balaban J connectivity index is 4.03. The van der Waals surface area contributed by atoms with Crippen molar-refractivity contribution >= 4 is 20.4 Å². The zero-order chi connectivity index (χ0) is 16.7. The standard InChI is InChI=1S/C17H37ClO3Si/c1-5-9-10-11-12-13-14-15-16-17(18)22(19-6-2,20-7-3)21-8-4/h17H,5-16H2,1-4H3. The Labute approximate surface area is 144 Å². The molecule has 0 rings (SSSR count). The summed E-state index contributed by atoms with van der Waals surface area (Å²) in [6, 6.07) is 0. The van der Waals surface area contributed by atoms with Crippen LogP contribution in [0.4, 0.5) is 0 Å². The average molecular weight is 353 g/mol. The Morgan fingerprint density at radius 3 is 1.50 bits per heavy atom. The van der Waals surface area contributed by atoms with Crippen LogP contribution in [0.3, 0.4) is 0 Å². The van der Waals surface area contributed by atoms with Crippen molar-refractivity contribution in [3.8, 4) is 0 Å². The fourth-order valence-electron chi connectivity index (χ4n) is 2.63. The van der Waals surface area contributed by atoms with Crippen LogP contribution in [0.2, 0.25) is 0 Å². The second-order valence-corrected chi connectivity index (χ2v) is 9.30. The molecule has 0 aliphatic carbocycles. The predicted octanol–water partition coefficient (Wildman–Crippen LogP) is 5.71. The molecule has 0 radical (unpaired) electrons. The van der Waals surface area contributed by atoms with E-state index in [-0.39, 0.29) is 5.00 Å². The van der Waals surface area contributed by atoms with Crippen molar-refractivity contribution in [2.45, 2.75) is 90.5 Å². The third-order valence-electron chi connectivity index (χ3n) is 3.73. The maximum Gasteiger partial charge on any atom is 0.519 e. The topological polar surface area (TPSA) is 27.7 Å². The highest BCUT2D eigenvalue weighted by molar-refractivity contribution is 6.71. The third-order valence-corrected chi connectivity index (χ3v) is 7.88. The van der Waals surface area contributed by atoms with E-state index in [0.29, 0.717) is 19.8 Å². The summed E-state index contributed by atoms with van der Waals surface area (Å²) in [5, 5.41) is -0.132. The van der Waals surface area contributed by atoms with E-state index in [1.54, 1.807) is 0 Å². The van der Waals surface area contributed by atoms with E-state index in [9.17, 15) is 0 Å². The van der Waals surface area contributed by atoms with Crippen LogP contribution in [-0.2, 0) is 13.3 Å². The van der Waals surface area contributed by atoms with Crippen molar-refractivity contribution < 1.29 is 13.3 Å². The van der Waals surface area contributed by atoms with Gasteiger partial charge in [-0.15, -0.1) is 11.6 Å². The van der Waals surface area contributed by atoms with Crippen LogP contribution in [0.5, 0.6) is 0 Å². The molecule has 0 N–H and O–H groups in total. The summed E-state index contributed by atoms with van der Waals surface area (Å²) in [6.07, 6.45) is 11.4. The molecule has 134 valence electrons. The number of hydrogen-bond donors (Lipinski definition) is 0.